The van der Waals surface area contributed by atoms with E-state index >= 15 is 0 Å². The molecule has 0 saturated carbocycles. The molecule has 0 spiro atoms. The first-order chi connectivity index (χ1) is 9.72. The highest BCUT2D eigenvalue weighted by atomic mass is 16.5. The van der Waals surface area contributed by atoms with E-state index in [1.807, 2.05) is 61.5 Å². The molecule has 3 heteroatoms. The van der Waals surface area contributed by atoms with E-state index in [-0.39, 0.29) is 0 Å². The van der Waals surface area contributed by atoms with Crippen molar-refractivity contribution in [1.29, 1.82) is 0 Å². The number of nitrogens with two attached hydrogens (primary N) is 1. The van der Waals surface area contributed by atoms with Crippen LogP contribution in [0.15, 0.2) is 48.5 Å². The largest absolute Gasteiger partial charge is 0.497 e. The predicted octanol–water partition coefficient (Wildman–Crippen LogP) is 3.89. The van der Waals surface area contributed by atoms with E-state index < -0.39 is 0 Å². The van der Waals surface area contributed by atoms with Crippen LogP contribution in [0, 0.1) is 0 Å². The van der Waals surface area contributed by atoms with Crippen LogP contribution in [-0.4, -0.2) is 7.11 Å². The van der Waals surface area contributed by atoms with Crippen LogP contribution in [0.4, 0.5) is 5.69 Å². The van der Waals surface area contributed by atoms with Gasteiger partial charge in [0.25, 0.3) is 0 Å². The highest BCUT2D eigenvalue weighted by Gasteiger charge is 2.00. The van der Waals surface area contributed by atoms with Gasteiger partial charge in [0.2, 0.25) is 0 Å². The molecule has 2 N–H and O–H groups in total. The van der Waals surface area contributed by atoms with Gasteiger partial charge in [-0.2, -0.15) is 0 Å². The van der Waals surface area contributed by atoms with Gasteiger partial charge in [-0.3, -0.25) is 0 Å². The number of allylic oxidation sites excluding steroid dienone is 1. The van der Waals surface area contributed by atoms with Crippen molar-refractivity contribution in [3.63, 3.8) is 0 Å². The SMILES string of the molecule is C/C=C\c1ccc(OCc2ccc(OC)cc2)cc1N. The molecule has 2 aromatic rings. The summed E-state index contributed by atoms with van der Waals surface area (Å²) >= 11 is 0. The van der Waals surface area contributed by atoms with E-state index in [0.29, 0.717) is 6.61 Å². The zero-order chi connectivity index (χ0) is 14.4. The maximum atomic E-state index is 5.97. The molecule has 0 amide bonds. The van der Waals surface area contributed by atoms with Crippen LogP contribution in [0.3, 0.4) is 0 Å². The van der Waals surface area contributed by atoms with Crippen LogP contribution in [0.1, 0.15) is 18.1 Å². The first-order valence-corrected chi connectivity index (χ1v) is 6.51. The minimum absolute atomic E-state index is 0.506. The predicted molar refractivity (Wildman–Crippen MR) is 82.9 cm³/mol. The highest BCUT2D eigenvalue weighted by Crippen LogP contribution is 2.22. The number of nitrogen functional groups attached to an aromatic ring is 1. The van der Waals surface area contributed by atoms with Crippen LogP contribution in [0.25, 0.3) is 6.08 Å². The van der Waals surface area contributed by atoms with E-state index in [1.165, 1.54) is 0 Å². The van der Waals surface area contributed by atoms with E-state index in [9.17, 15) is 0 Å². The molecule has 0 aliphatic heterocycles. The lowest BCUT2D eigenvalue weighted by atomic mass is 10.1. The third kappa shape index (κ3) is 3.54. The summed E-state index contributed by atoms with van der Waals surface area (Å²) in [4.78, 5) is 0. The van der Waals surface area contributed by atoms with Crippen molar-refractivity contribution in [3.05, 3.63) is 59.7 Å². The number of anilines is 1. The molecule has 2 rings (SSSR count). The number of benzene rings is 2. The number of rotatable bonds is 5. The molecule has 0 aliphatic rings. The van der Waals surface area contributed by atoms with Crippen molar-refractivity contribution >= 4 is 11.8 Å². The zero-order valence-corrected chi connectivity index (χ0v) is 11.8. The van der Waals surface area contributed by atoms with E-state index in [4.69, 9.17) is 15.2 Å². The topological polar surface area (TPSA) is 44.5 Å². The van der Waals surface area contributed by atoms with Gasteiger partial charge in [0.1, 0.15) is 18.1 Å². The molecular weight excluding hydrogens is 250 g/mol. The van der Waals surface area contributed by atoms with Crippen LogP contribution in [0.5, 0.6) is 11.5 Å². The fourth-order valence-electron chi connectivity index (χ4n) is 1.86. The van der Waals surface area contributed by atoms with Crippen molar-refractivity contribution in [3.8, 4) is 11.5 Å². The van der Waals surface area contributed by atoms with Gasteiger partial charge < -0.3 is 15.2 Å². The summed E-state index contributed by atoms with van der Waals surface area (Å²) in [6.45, 7) is 2.47. The van der Waals surface area contributed by atoms with Gasteiger partial charge in [-0.25, -0.2) is 0 Å². The van der Waals surface area contributed by atoms with Gasteiger partial charge in [0.15, 0.2) is 0 Å². The number of hydrogen-bond donors (Lipinski definition) is 1. The molecular formula is C17H19NO2. The minimum Gasteiger partial charge on any atom is -0.497 e. The average molecular weight is 269 g/mol. The lowest BCUT2D eigenvalue weighted by Gasteiger charge is -2.09. The molecule has 0 aliphatic carbocycles. The molecule has 0 radical (unpaired) electrons. The fourth-order valence-corrected chi connectivity index (χ4v) is 1.86. The molecule has 2 aromatic carbocycles. The molecule has 0 bridgehead atoms. The van der Waals surface area contributed by atoms with Crippen LogP contribution in [-0.2, 0) is 6.61 Å². The third-order valence-electron chi connectivity index (χ3n) is 2.97. The summed E-state index contributed by atoms with van der Waals surface area (Å²) in [5, 5.41) is 0. The maximum Gasteiger partial charge on any atom is 0.121 e. The Hall–Kier alpha value is -2.42. The monoisotopic (exact) mass is 269 g/mol. The second-order valence-corrected chi connectivity index (χ2v) is 4.43. The van der Waals surface area contributed by atoms with Gasteiger partial charge >= 0.3 is 0 Å². The van der Waals surface area contributed by atoms with Gasteiger partial charge in [-0.1, -0.05) is 24.3 Å². The zero-order valence-electron chi connectivity index (χ0n) is 11.8. The molecule has 0 unspecified atom stereocenters. The molecule has 0 aromatic heterocycles. The molecule has 0 fully saturated rings. The smallest absolute Gasteiger partial charge is 0.121 e. The fraction of sp³-hybridized carbons (Fsp3) is 0.176. The summed E-state index contributed by atoms with van der Waals surface area (Å²) in [6, 6.07) is 13.5. The second kappa shape index (κ2) is 6.66. The molecule has 0 heterocycles. The lowest BCUT2D eigenvalue weighted by molar-refractivity contribution is 0.306. The summed E-state index contributed by atoms with van der Waals surface area (Å²) in [5.74, 6) is 1.61. The highest BCUT2D eigenvalue weighted by molar-refractivity contribution is 5.65. The number of hydrogen-bond acceptors (Lipinski definition) is 3. The van der Waals surface area contributed by atoms with E-state index in [2.05, 4.69) is 0 Å². The maximum absolute atomic E-state index is 5.97. The van der Waals surface area contributed by atoms with Crippen molar-refractivity contribution in [2.45, 2.75) is 13.5 Å². The first kappa shape index (κ1) is 14.0. The summed E-state index contributed by atoms with van der Waals surface area (Å²) in [6.07, 6.45) is 3.94. The Balaban J connectivity index is 2.01. The molecule has 20 heavy (non-hydrogen) atoms. The molecule has 0 atom stereocenters. The van der Waals surface area contributed by atoms with Gasteiger partial charge in [-0.05, 0) is 42.3 Å². The van der Waals surface area contributed by atoms with Crippen molar-refractivity contribution < 1.29 is 9.47 Å². The molecule has 3 nitrogen and oxygen atoms in total. The first-order valence-electron chi connectivity index (χ1n) is 6.51. The van der Waals surface area contributed by atoms with Crippen molar-refractivity contribution in [2.75, 3.05) is 12.8 Å². The number of ether oxygens (including phenoxy) is 2. The van der Waals surface area contributed by atoms with Crippen LogP contribution < -0.4 is 15.2 Å². The van der Waals surface area contributed by atoms with Crippen LogP contribution >= 0.6 is 0 Å². The number of methoxy groups -OCH3 is 1. The van der Waals surface area contributed by atoms with Gasteiger partial charge in [0, 0.05) is 11.8 Å². The quantitative estimate of drug-likeness (QED) is 0.837. The Bertz CT molecular complexity index is 588. The summed E-state index contributed by atoms with van der Waals surface area (Å²) < 4.78 is 10.9. The summed E-state index contributed by atoms with van der Waals surface area (Å²) in [7, 11) is 1.65. The van der Waals surface area contributed by atoms with Gasteiger partial charge in [-0.15, -0.1) is 0 Å². The Morgan fingerprint density at radius 1 is 1.05 bits per heavy atom. The average Bonchev–Trinajstić information content (AvgIpc) is 2.48. The molecule has 0 saturated heterocycles. The van der Waals surface area contributed by atoms with Crippen molar-refractivity contribution in [1.82, 2.24) is 0 Å². The van der Waals surface area contributed by atoms with Gasteiger partial charge in [0.05, 0.1) is 7.11 Å². The Labute approximate surface area is 119 Å². The lowest BCUT2D eigenvalue weighted by Crippen LogP contribution is -1.97. The van der Waals surface area contributed by atoms with E-state index in [1.54, 1.807) is 7.11 Å². The normalized spacial score (nSPS) is 10.7. The minimum atomic E-state index is 0.506. The van der Waals surface area contributed by atoms with E-state index in [0.717, 1.165) is 28.3 Å². The molecule has 104 valence electrons. The third-order valence-corrected chi connectivity index (χ3v) is 2.97. The second-order valence-electron chi connectivity index (χ2n) is 4.43. The summed E-state index contributed by atoms with van der Waals surface area (Å²) in [5.41, 5.74) is 8.77. The Morgan fingerprint density at radius 3 is 2.35 bits per heavy atom. The van der Waals surface area contributed by atoms with Crippen LogP contribution in [0.2, 0.25) is 0 Å². The Morgan fingerprint density at radius 2 is 1.75 bits per heavy atom. The Kier molecular flexibility index (Phi) is 4.66. The van der Waals surface area contributed by atoms with Crippen molar-refractivity contribution in [2.24, 2.45) is 0 Å². The standard InChI is InChI=1S/C17H19NO2/c1-3-4-14-7-10-16(11-17(14)18)20-12-13-5-8-15(19-2)9-6-13/h3-11H,12,18H2,1-2H3/b4-3-.